The summed E-state index contributed by atoms with van der Waals surface area (Å²) in [6.07, 6.45) is 1.92. The lowest BCUT2D eigenvalue weighted by Gasteiger charge is -2.42. The second kappa shape index (κ2) is 9.81. The zero-order valence-electron chi connectivity index (χ0n) is 25.3. The maximum Gasteiger partial charge on any atom is 0.141 e. The fraction of sp³-hybridized carbons (Fsp3) is 0.179. The Morgan fingerprint density at radius 1 is 0.698 bits per heavy atom. The van der Waals surface area contributed by atoms with E-state index in [4.69, 9.17) is 9.97 Å². The number of hydrogen-bond donors (Lipinski definition) is 1. The average Bonchev–Trinajstić information content (AvgIpc) is 3.01. The highest BCUT2D eigenvalue weighted by Crippen LogP contribution is 2.52. The van der Waals surface area contributed by atoms with Gasteiger partial charge in [0.25, 0.3) is 0 Å². The van der Waals surface area contributed by atoms with E-state index in [2.05, 4.69) is 118 Å². The molecule has 4 heteroatoms. The summed E-state index contributed by atoms with van der Waals surface area (Å²) in [5, 5.41) is 11.8. The first-order valence-corrected chi connectivity index (χ1v) is 14.8. The minimum absolute atomic E-state index is 0.00738. The Morgan fingerprint density at radius 3 is 2.23 bits per heavy atom. The van der Waals surface area contributed by atoms with Gasteiger partial charge >= 0.3 is 0 Å². The SMILES string of the molecule is CC(C)(C)c1ccnc(N2c3ccccc3C(C)(C)c3ccc(-c4ccc5c(-c6ccccc6)ccc(O)c5n4)cc32)c1. The predicted octanol–water partition coefficient (Wildman–Crippen LogP) is 10.1. The molecule has 7 rings (SSSR count). The summed E-state index contributed by atoms with van der Waals surface area (Å²) in [7, 11) is 0. The van der Waals surface area contributed by atoms with Crippen molar-refractivity contribution in [1.82, 2.24) is 9.97 Å². The Morgan fingerprint density at radius 2 is 1.44 bits per heavy atom. The predicted molar refractivity (Wildman–Crippen MR) is 178 cm³/mol. The van der Waals surface area contributed by atoms with Crippen LogP contribution < -0.4 is 4.90 Å². The fourth-order valence-corrected chi connectivity index (χ4v) is 6.36. The van der Waals surface area contributed by atoms with Gasteiger partial charge in [0.15, 0.2) is 0 Å². The maximum absolute atomic E-state index is 10.9. The molecule has 1 aliphatic rings. The summed E-state index contributed by atoms with van der Waals surface area (Å²) < 4.78 is 0. The van der Waals surface area contributed by atoms with Gasteiger partial charge in [0.2, 0.25) is 0 Å². The number of benzene rings is 4. The molecular weight excluding hydrogens is 526 g/mol. The Kier molecular flexibility index (Phi) is 6.14. The third kappa shape index (κ3) is 4.45. The first kappa shape index (κ1) is 26.9. The Hall–Kier alpha value is -4.96. The van der Waals surface area contributed by atoms with Crippen molar-refractivity contribution >= 4 is 28.1 Å². The highest BCUT2D eigenvalue weighted by Gasteiger charge is 2.37. The Bertz CT molecular complexity index is 2000. The second-order valence-electron chi connectivity index (χ2n) is 13.0. The molecule has 6 aromatic rings. The molecule has 0 aliphatic carbocycles. The van der Waals surface area contributed by atoms with E-state index in [1.54, 1.807) is 6.07 Å². The molecule has 0 fully saturated rings. The van der Waals surface area contributed by atoms with Crippen LogP contribution in [-0.2, 0) is 10.8 Å². The lowest BCUT2D eigenvalue weighted by Crippen LogP contribution is -2.31. The summed E-state index contributed by atoms with van der Waals surface area (Å²) in [6.45, 7) is 11.3. The van der Waals surface area contributed by atoms with Crippen molar-refractivity contribution < 1.29 is 5.11 Å². The van der Waals surface area contributed by atoms with Gasteiger partial charge in [0.1, 0.15) is 17.1 Å². The van der Waals surface area contributed by atoms with Gasteiger partial charge in [-0.15, -0.1) is 0 Å². The zero-order valence-corrected chi connectivity index (χ0v) is 25.3. The van der Waals surface area contributed by atoms with Gasteiger partial charge in [-0.05, 0) is 81.8 Å². The molecule has 4 nitrogen and oxygen atoms in total. The van der Waals surface area contributed by atoms with Crippen molar-refractivity contribution in [1.29, 1.82) is 0 Å². The van der Waals surface area contributed by atoms with Crippen molar-refractivity contribution in [2.45, 2.75) is 45.4 Å². The number of pyridine rings is 2. The smallest absolute Gasteiger partial charge is 0.141 e. The van der Waals surface area contributed by atoms with Crippen LogP contribution in [0.25, 0.3) is 33.3 Å². The molecule has 0 saturated carbocycles. The monoisotopic (exact) mass is 561 g/mol. The number of hydrogen-bond acceptors (Lipinski definition) is 4. The van der Waals surface area contributed by atoms with E-state index < -0.39 is 0 Å². The van der Waals surface area contributed by atoms with Gasteiger partial charge < -0.3 is 5.11 Å². The zero-order chi connectivity index (χ0) is 29.9. The van der Waals surface area contributed by atoms with Crippen LogP contribution in [-0.4, -0.2) is 15.1 Å². The highest BCUT2D eigenvalue weighted by atomic mass is 16.3. The van der Waals surface area contributed by atoms with Gasteiger partial charge in [0.05, 0.1) is 17.1 Å². The van der Waals surface area contributed by atoms with Crippen molar-refractivity contribution in [2.75, 3.05) is 4.90 Å². The molecule has 1 aliphatic heterocycles. The number of nitrogens with zero attached hydrogens (tertiary/aromatic N) is 3. The molecule has 4 aromatic carbocycles. The normalized spacial score (nSPS) is 13.9. The fourth-order valence-electron chi connectivity index (χ4n) is 6.36. The van der Waals surface area contributed by atoms with E-state index in [0.717, 1.165) is 45.0 Å². The summed E-state index contributed by atoms with van der Waals surface area (Å²) in [4.78, 5) is 12.2. The minimum Gasteiger partial charge on any atom is -0.506 e. The van der Waals surface area contributed by atoms with Crippen molar-refractivity contribution in [3.63, 3.8) is 0 Å². The quantitative estimate of drug-likeness (QED) is 0.234. The summed E-state index contributed by atoms with van der Waals surface area (Å²) in [6, 6.07) is 37.6. The molecule has 0 saturated heterocycles. The molecule has 0 radical (unpaired) electrons. The number of para-hydroxylation sites is 1. The van der Waals surface area contributed by atoms with Crippen molar-refractivity contribution in [2.24, 2.45) is 0 Å². The standard InChI is InChI=1S/C39H35N3O/c1-38(2,3)27-21-22-40-36(24-27)42-33-14-10-9-13-30(33)39(4,5)31-18-15-26(23-34(31)42)32-19-16-29-28(25-11-7-6-8-12-25)17-20-35(43)37(29)41-32/h6-24,43H,1-5H3. The van der Waals surface area contributed by atoms with E-state index in [0.29, 0.717) is 5.52 Å². The number of rotatable bonds is 3. The van der Waals surface area contributed by atoms with Crippen LogP contribution in [0.3, 0.4) is 0 Å². The number of fused-ring (bicyclic) bond motifs is 3. The molecular formula is C39H35N3O. The van der Waals surface area contributed by atoms with Crippen LogP contribution in [0.1, 0.15) is 51.3 Å². The van der Waals surface area contributed by atoms with Crippen LogP contribution in [0.15, 0.2) is 115 Å². The summed E-state index contributed by atoms with van der Waals surface area (Å²) in [5.41, 5.74) is 10.3. The lowest BCUT2D eigenvalue weighted by molar-refractivity contribution is 0.480. The Balaban J connectivity index is 1.42. The third-order valence-corrected chi connectivity index (χ3v) is 8.79. The van der Waals surface area contributed by atoms with Crippen LogP contribution in [0.2, 0.25) is 0 Å². The molecule has 2 aromatic heterocycles. The molecule has 0 amide bonds. The number of aromatic hydroxyl groups is 1. The largest absolute Gasteiger partial charge is 0.506 e. The Labute approximate surface area is 253 Å². The van der Waals surface area contributed by atoms with E-state index >= 15 is 0 Å². The molecule has 43 heavy (non-hydrogen) atoms. The highest BCUT2D eigenvalue weighted by molar-refractivity contribution is 5.99. The molecule has 0 bridgehead atoms. The average molecular weight is 562 g/mol. The third-order valence-electron chi connectivity index (χ3n) is 8.79. The molecule has 3 heterocycles. The maximum atomic E-state index is 10.9. The van der Waals surface area contributed by atoms with Gasteiger partial charge in [0, 0.05) is 22.6 Å². The molecule has 212 valence electrons. The molecule has 1 N–H and O–H groups in total. The second-order valence-corrected chi connectivity index (χ2v) is 13.0. The summed E-state index contributed by atoms with van der Waals surface area (Å²) in [5.74, 6) is 1.07. The van der Waals surface area contributed by atoms with Crippen LogP contribution in [0, 0.1) is 0 Å². The van der Waals surface area contributed by atoms with Crippen molar-refractivity contribution in [3.05, 3.63) is 132 Å². The summed E-state index contributed by atoms with van der Waals surface area (Å²) >= 11 is 0. The number of phenolic OH excluding ortho intramolecular Hbond substituents is 1. The molecule has 0 spiro atoms. The van der Waals surface area contributed by atoms with E-state index in [1.165, 1.54) is 16.7 Å². The van der Waals surface area contributed by atoms with E-state index in [9.17, 15) is 5.11 Å². The van der Waals surface area contributed by atoms with Gasteiger partial charge in [-0.2, -0.15) is 0 Å². The van der Waals surface area contributed by atoms with Crippen LogP contribution >= 0.6 is 0 Å². The first-order chi connectivity index (χ1) is 20.6. The minimum atomic E-state index is -0.206. The van der Waals surface area contributed by atoms with Crippen LogP contribution in [0.5, 0.6) is 5.75 Å². The topological polar surface area (TPSA) is 49.2 Å². The van der Waals surface area contributed by atoms with E-state index in [1.807, 2.05) is 30.5 Å². The molecule has 0 atom stereocenters. The van der Waals surface area contributed by atoms with Gasteiger partial charge in [-0.3, -0.25) is 4.90 Å². The van der Waals surface area contributed by atoms with Gasteiger partial charge in [-0.25, -0.2) is 9.97 Å². The number of aromatic nitrogens is 2. The number of phenols is 1. The lowest BCUT2D eigenvalue weighted by atomic mass is 9.73. The number of anilines is 3. The van der Waals surface area contributed by atoms with Gasteiger partial charge in [-0.1, -0.05) is 95.3 Å². The van der Waals surface area contributed by atoms with E-state index in [-0.39, 0.29) is 16.6 Å². The molecule has 0 unspecified atom stereocenters. The first-order valence-electron chi connectivity index (χ1n) is 14.8. The van der Waals surface area contributed by atoms with Crippen molar-refractivity contribution in [3.8, 4) is 28.1 Å². The van der Waals surface area contributed by atoms with Crippen LogP contribution in [0.4, 0.5) is 17.2 Å².